The number of hydrogen-bond acceptors (Lipinski definition) is 4. The summed E-state index contributed by atoms with van der Waals surface area (Å²) < 4.78 is 1.19. The van der Waals surface area contributed by atoms with Gasteiger partial charge in [-0.15, -0.1) is 0 Å². The van der Waals surface area contributed by atoms with Crippen LogP contribution in [0.15, 0.2) is 16.9 Å². The van der Waals surface area contributed by atoms with Crippen LogP contribution in [0, 0.1) is 0 Å². The highest BCUT2D eigenvalue weighted by Crippen LogP contribution is 2.21. The number of carbonyl (C=O) groups is 1. The van der Waals surface area contributed by atoms with Crippen molar-refractivity contribution in [1.29, 1.82) is 0 Å². The predicted molar refractivity (Wildman–Crippen MR) is 67.3 cm³/mol. The Hall–Kier alpha value is -1.30. The maximum absolute atomic E-state index is 12.1. The van der Waals surface area contributed by atoms with Gasteiger partial charge in [-0.1, -0.05) is 0 Å². The molecule has 0 unspecified atom stereocenters. The topological polar surface area (TPSA) is 55.2 Å². The molecule has 1 aliphatic heterocycles. The van der Waals surface area contributed by atoms with E-state index in [1.165, 1.54) is 16.8 Å². The Morgan fingerprint density at radius 2 is 2.29 bits per heavy atom. The predicted octanol–water partition coefficient (Wildman–Crippen LogP) is 0.358. The highest BCUT2D eigenvalue weighted by atomic mass is 32.2. The Morgan fingerprint density at radius 3 is 2.88 bits per heavy atom. The van der Waals surface area contributed by atoms with Gasteiger partial charge in [-0.2, -0.15) is 16.9 Å². The zero-order valence-electron chi connectivity index (χ0n) is 9.92. The molecule has 1 aromatic heterocycles. The first kappa shape index (κ1) is 12.2. The summed E-state index contributed by atoms with van der Waals surface area (Å²) in [6, 6.07) is 2.87. The highest BCUT2D eigenvalue weighted by Gasteiger charge is 2.27. The third-order valence-electron chi connectivity index (χ3n) is 2.95. The molecule has 0 saturated carbocycles. The van der Waals surface area contributed by atoms with E-state index in [4.69, 9.17) is 0 Å². The number of thioether (sulfide) groups is 1. The second-order valence-corrected chi connectivity index (χ2v) is 5.22. The van der Waals surface area contributed by atoms with Gasteiger partial charge in [0.1, 0.15) is 5.69 Å². The Morgan fingerprint density at radius 1 is 1.53 bits per heavy atom. The molecule has 1 amide bonds. The molecule has 6 heteroatoms. The third kappa shape index (κ3) is 2.52. The molecule has 0 spiro atoms. The van der Waals surface area contributed by atoms with Crippen molar-refractivity contribution >= 4 is 17.7 Å². The number of nitrogens with zero attached hydrogens (tertiary/aromatic N) is 3. The largest absolute Gasteiger partial charge is 0.336 e. The van der Waals surface area contributed by atoms with E-state index in [1.54, 1.807) is 23.7 Å². The van der Waals surface area contributed by atoms with Crippen LogP contribution in [0.2, 0.25) is 0 Å². The van der Waals surface area contributed by atoms with Crippen LogP contribution in [0.3, 0.4) is 0 Å². The summed E-state index contributed by atoms with van der Waals surface area (Å²) in [7, 11) is 1.55. The lowest BCUT2D eigenvalue weighted by Gasteiger charge is -2.15. The maximum Gasteiger partial charge on any atom is 0.274 e. The number of carbonyl (C=O) groups excluding carboxylic acids is 1. The van der Waals surface area contributed by atoms with E-state index in [0.29, 0.717) is 10.9 Å². The minimum atomic E-state index is -0.204. The molecular weight excluding hydrogens is 238 g/mol. The molecular formula is C11H15N3O2S. The molecule has 1 saturated heterocycles. The van der Waals surface area contributed by atoms with E-state index in [0.717, 1.165) is 19.5 Å². The lowest BCUT2D eigenvalue weighted by Crippen LogP contribution is -2.32. The van der Waals surface area contributed by atoms with E-state index in [1.807, 2.05) is 0 Å². The van der Waals surface area contributed by atoms with Crippen molar-refractivity contribution in [2.24, 2.45) is 7.05 Å². The molecule has 0 bridgehead atoms. The summed E-state index contributed by atoms with van der Waals surface area (Å²) in [4.78, 5) is 25.1. The quantitative estimate of drug-likeness (QED) is 0.763. The van der Waals surface area contributed by atoms with Crippen LogP contribution < -0.4 is 5.56 Å². The molecule has 17 heavy (non-hydrogen) atoms. The number of rotatable bonds is 2. The summed E-state index contributed by atoms with van der Waals surface area (Å²) in [5, 5.41) is 4.49. The lowest BCUT2D eigenvalue weighted by molar-refractivity contribution is 0.0785. The smallest absolute Gasteiger partial charge is 0.274 e. The van der Waals surface area contributed by atoms with Gasteiger partial charge >= 0.3 is 0 Å². The van der Waals surface area contributed by atoms with Gasteiger partial charge in [0.2, 0.25) is 0 Å². The average Bonchev–Trinajstić information content (AvgIpc) is 2.80. The van der Waals surface area contributed by atoms with Crippen LogP contribution >= 0.6 is 11.8 Å². The Balaban J connectivity index is 2.15. The summed E-state index contributed by atoms with van der Waals surface area (Å²) in [6.07, 6.45) is 3.09. The SMILES string of the molecule is CS[C@@H]1CCN(C(=O)c2ccc(=O)n(C)n2)C1. The van der Waals surface area contributed by atoms with E-state index in [-0.39, 0.29) is 11.5 Å². The number of amides is 1. The molecule has 0 aromatic carbocycles. The number of likely N-dealkylation sites (tertiary alicyclic amines) is 1. The fourth-order valence-electron chi connectivity index (χ4n) is 1.88. The molecule has 1 aromatic rings. The Labute approximate surface area is 104 Å². The van der Waals surface area contributed by atoms with Gasteiger partial charge in [0.05, 0.1) is 0 Å². The van der Waals surface area contributed by atoms with Crippen LogP contribution in [-0.4, -0.2) is 45.2 Å². The van der Waals surface area contributed by atoms with Crippen LogP contribution in [-0.2, 0) is 7.05 Å². The zero-order chi connectivity index (χ0) is 12.4. The Kier molecular flexibility index (Phi) is 3.51. The fourth-order valence-corrected chi connectivity index (χ4v) is 2.55. The van der Waals surface area contributed by atoms with Gasteiger partial charge in [0, 0.05) is 31.5 Å². The minimum Gasteiger partial charge on any atom is -0.336 e. The van der Waals surface area contributed by atoms with E-state index < -0.39 is 0 Å². The van der Waals surface area contributed by atoms with Crippen LogP contribution in [0.1, 0.15) is 16.9 Å². The molecule has 5 nitrogen and oxygen atoms in total. The number of aryl methyl sites for hydroxylation is 1. The molecule has 1 fully saturated rings. The summed E-state index contributed by atoms with van der Waals surface area (Å²) >= 11 is 1.78. The zero-order valence-corrected chi connectivity index (χ0v) is 10.7. The number of aromatic nitrogens is 2. The van der Waals surface area contributed by atoms with Gasteiger partial charge in [-0.3, -0.25) is 9.59 Å². The molecule has 0 aliphatic carbocycles. The van der Waals surface area contributed by atoms with E-state index in [9.17, 15) is 9.59 Å². The first-order valence-corrected chi connectivity index (χ1v) is 6.77. The minimum absolute atomic E-state index is 0.0860. The van der Waals surface area contributed by atoms with Crippen LogP contribution in [0.4, 0.5) is 0 Å². The van der Waals surface area contributed by atoms with Crippen molar-refractivity contribution in [2.75, 3.05) is 19.3 Å². The normalized spacial score (nSPS) is 19.6. The van der Waals surface area contributed by atoms with Crippen LogP contribution in [0.5, 0.6) is 0 Å². The summed E-state index contributed by atoms with van der Waals surface area (Å²) in [6.45, 7) is 1.54. The standard InChI is InChI=1S/C11H15N3O2S/c1-13-10(15)4-3-9(12-13)11(16)14-6-5-8(7-14)17-2/h3-4,8H,5-7H2,1-2H3/t8-/m1/s1. The van der Waals surface area contributed by atoms with E-state index in [2.05, 4.69) is 11.4 Å². The maximum atomic E-state index is 12.1. The van der Waals surface area contributed by atoms with Gasteiger partial charge in [-0.25, -0.2) is 4.68 Å². The summed E-state index contributed by atoms with van der Waals surface area (Å²) in [5.74, 6) is -0.0860. The molecule has 2 rings (SSSR count). The molecule has 1 atom stereocenters. The van der Waals surface area contributed by atoms with Gasteiger partial charge < -0.3 is 4.90 Å². The highest BCUT2D eigenvalue weighted by molar-refractivity contribution is 7.99. The van der Waals surface area contributed by atoms with Crippen LogP contribution in [0.25, 0.3) is 0 Å². The average molecular weight is 253 g/mol. The van der Waals surface area contributed by atoms with Gasteiger partial charge in [-0.05, 0) is 18.7 Å². The molecule has 92 valence electrons. The first-order valence-electron chi connectivity index (χ1n) is 5.48. The van der Waals surface area contributed by atoms with Gasteiger partial charge in [0.25, 0.3) is 11.5 Å². The Bertz CT molecular complexity index is 486. The lowest BCUT2D eigenvalue weighted by atomic mass is 10.3. The first-order chi connectivity index (χ1) is 8.11. The molecule has 0 N–H and O–H groups in total. The van der Waals surface area contributed by atoms with Crippen molar-refractivity contribution in [2.45, 2.75) is 11.7 Å². The van der Waals surface area contributed by atoms with Crippen molar-refractivity contribution in [3.8, 4) is 0 Å². The van der Waals surface area contributed by atoms with Crippen molar-refractivity contribution < 1.29 is 4.79 Å². The number of hydrogen-bond donors (Lipinski definition) is 0. The van der Waals surface area contributed by atoms with Crippen molar-refractivity contribution in [3.63, 3.8) is 0 Å². The monoisotopic (exact) mass is 253 g/mol. The van der Waals surface area contributed by atoms with E-state index >= 15 is 0 Å². The van der Waals surface area contributed by atoms with Crippen molar-refractivity contribution in [1.82, 2.24) is 14.7 Å². The molecule has 1 aliphatic rings. The second-order valence-electron chi connectivity index (χ2n) is 4.08. The molecule has 2 heterocycles. The van der Waals surface area contributed by atoms with Crippen molar-refractivity contribution in [3.05, 3.63) is 28.2 Å². The summed E-state index contributed by atoms with van der Waals surface area (Å²) in [5.41, 5.74) is 0.138. The third-order valence-corrected chi connectivity index (χ3v) is 4.00. The fraction of sp³-hybridized carbons (Fsp3) is 0.545. The van der Waals surface area contributed by atoms with Gasteiger partial charge in [0.15, 0.2) is 0 Å². The second kappa shape index (κ2) is 4.91. The molecule has 0 radical (unpaired) electrons.